The number of oxime groups is 1. The Morgan fingerprint density at radius 2 is 1.85 bits per heavy atom. The van der Waals surface area contributed by atoms with Crippen molar-refractivity contribution in [3.63, 3.8) is 0 Å². The number of nitrogens with zero attached hydrogens (tertiary/aromatic N) is 4. The lowest BCUT2D eigenvalue weighted by atomic mass is 10.1. The second kappa shape index (κ2) is 10.8. The number of hydrogen-bond donors (Lipinski definition) is 1. The van der Waals surface area contributed by atoms with Gasteiger partial charge in [0.1, 0.15) is 29.3 Å². The van der Waals surface area contributed by atoms with Gasteiger partial charge in [-0.15, -0.1) is 0 Å². The van der Waals surface area contributed by atoms with Crippen LogP contribution in [0.5, 0.6) is 0 Å². The molecule has 41 heavy (non-hydrogen) atoms. The maximum atomic E-state index is 15.4. The Balaban J connectivity index is 1.24. The average Bonchev–Trinajstić information content (AvgIpc) is 3.81. The van der Waals surface area contributed by atoms with Crippen molar-refractivity contribution in [2.45, 2.75) is 25.8 Å². The Kier molecular flexibility index (Phi) is 7.04. The maximum Gasteiger partial charge on any atom is 0.345 e. The highest BCUT2D eigenvalue weighted by Gasteiger charge is 2.29. The quantitative estimate of drug-likeness (QED) is 0.196. The van der Waals surface area contributed by atoms with Crippen molar-refractivity contribution in [1.29, 1.82) is 0 Å². The van der Waals surface area contributed by atoms with E-state index in [9.17, 15) is 19.5 Å². The fraction of sp³-hybridized carbons (Fsp3) is 0.333. The second-order valence-electron chi connectivity index (χ2n) is 10.3. The molecule has 4 aromatic rings. The van der Waals surface area contributed by atoms with Gasteiger partial charge in [0.05, 0.1) is 16.8 Å². The number of anilines is 1. The molecule has 11 heteroatoms. The lowest BCUT2D eigenvalue weighted by Crippen LogP contribution is -2.48. The van der Waals surface area contributed by atoms with Crippen molar-refractivity contribution < 1.29 is 23.5 Å². The zero-order valence-electron chi connectivity index (χ0n) is 22.5. The number of piperazine rings is 1. The number of aromatic nitrogens is 1. The largest absolute Gasteiger partial charge is 0.477 e. The Morgan fingerprint density at radius 1 is 1.10 bits per heavy atom. The number of rotatable bonds is 8. The molecule has 1 saturated carbocycles. The molecule has 0 spiro atoms. The number of carbonyl (C=O) groups is 1. The summed E-state index contributed by atoms with van der Waals surface area (Å²) in [5.41, 5.74) is 0.663. The van der Waals surface area contributed by atoms with Crippen molar-refractivity contribution in [3.8, 4) is 0 Å². The summed E-state index contributed by atoms with van der Waals surface area (Å²) in [7, 11) is 0. The fourth-order valence-electron chi connectivity index (χ4n) is 5.34. The molecule has 0 radical (unpaired) electrons. The van der Waals surface area contributed by atoms with Crippen LogP contribution in [-0.4, -0.2) is 65.6 Å². The van der Waals surface area contributed by atoms with Gasteiger partial charge in [-0.2, -0.15) is 0 Å². The predicted molar refractivity (Wildman–Crippen MR) is 153 cm³/mol. The van der Waals surface area contributed by atoms with Crippen LogP contribution in [0, 0.1) is 5.82 Å². The van der Waals surface area contributed by atoms with Gasteiger partial charge in [0.25, 0.3) is 0 Å². The van der Waals surface area contributed by atoms with E-state index in [1.54, 1.807) is 28.8 Å². The van der Waals surface area contributed by atoms with Crippen LogP contribution in [0.2, 0.25) is 0 Å². The number of carboxylic acids is 1. The molecule has 3 heterocycles. The zero-order chi connectivity index (χ0) is 28.7. The van der Waals surface area contributed by atoms with Crippen LogP contribution in [0.25, 0.3) is 21.9 Å². The van der Waals surface area contributed by atoms with E-state index in [-0.39, 0.29) is 17.0 Å². The number of carboxylic acid groups (broad SMARTS) is 1. The average molecular weight is 561 g/mol. The minimum Gasteiger partial charge on any atom is -0.477 e. The first-order chi connectivity index (χ1) is 19.8. The lowest BCUT2D eigenvalue weighted by Gasteiger charge is -2.36. The van der Waals surface area contributed by atoms with Gasteiger partial charge in [0, 0.05) is 55.7 Å². The third kappa shape index (κ3) is 5.20. The van der Waals surface area contributed by atoms with E-state index in [2.05, 4.69) is 10.1 Å². The summed E-state index contributed by atoms with van der Waals surface area (Å²) in [6.07, 6.45) is 3.14. The highest BCUT2D eigenvalue weighted by Crippen LogP contribution is 2.38. The Morgan fingerprint density at radius 3 is 2.56 bits per heavy atom. The molecule has 2 fully saturated rings. The molecule has 1 N–H and O–H groups in total. The third-order valence-corrected chi connectivity index (χ3v) is 7.61. The van der Waals surface area contributed by atoms with Gasteiger partial charge in [0.2, 0.25) is 5.43 Å². The topological polar surface area (TPSA) is 118 Å². The number of aromatic carboxylic acids is 1. The van der Waals surface area contributed by atoms with Crippen molar-refractivity contribution in [1.82, 2.24) is 9.47 Å². The molecule has 1 aliphatic carbocycles. The third-order valence-electron chi connectivity index (χ3n) is 7.61. The van der Waals surface area contributed by atoms with Crippen LogP contribution in [0.4, 0.5) is 10.1 Å². The molecule has 2 aromatic heterocycles. The molecular weight excluding hydrogens is 531 g/mol. The number of pyridine rings is 1. The molecule has 212 valence electrons. The van der Waals surface area contributed by atoms with Gasteiger partial charge in [-0.05, 0) is 44.0 Å². The number of halogens is 1. The Bertz CT molecular complexity index is 1800. The van der Waals surface area contributed by atoms with E-state index >= 15 is 4.39 Å². The molecule has 6 rings (SSSR count). The summed E-state index contributed by atoms with van der Waals surface area (Å²) in [5, 5.41) is 14.6. The Hall–Kier alpha value is -4.51. The normalized spacial score (nSPS) is 16.4. The number of hydrogen-bond acceptors (Lipinski definition) is 8. The van der Waals surface area contributed by atoms with Crippen molar-refractivity contribution >= 4 is 39.2 Å². The summed E-state index contributed by atoms with van der Waals surface area (Å²) in [6.45, 7) is 4.62. The summed E-state index contributed by atoms with van der Waals surface area (Å²) in [5.74, 6) is -1.89. The van der Waals surface area contributed by atoms with Crippen molar-refractivity contribution in [2.75, 3.05) is 44.2 Å². The van der Waals surface area contributed by atoms with Gasteiger partial charge >= 0.3 is 11.6 Å². The zero-order valence-corrected chi connectivity index (χ0v) is 22.5. The molecule has 10 nitrogen and oxygen atoms in total. The molecule has 2 aromatic carbocycles. The van der Waals surface area contributed by atoms with E-state index in [0.29, 0.717) is 67.4 Å². The van der Waals surface area contributed by atoms with E-state index < -0.39 is 22.8 Å². The van der Waals surface area contributed by atoms with Gasteiger partial charge in [-0.3, -0.25) is 9.69 Å². The summed E-state index contributed by atoms with van der Waals surface area (Å²) in [4.78, 5) is 46.6. The number of benzene rings is 2. The van der Waals surface area contributed by atoms with Crippen LogP contribution in [0.1, 0.15) is 41.7 Å². The summed E-state index contributed by atoms with van der Waals surface area (Å²) < 4.78 is 22.7. The Labute approximate surface area is 233 Å². The molecule has 1 saturated heterocycles. The maximum absolute atomic E-state index is 15.4. The van der Waals surface area contributed by atoms with Gasteiger partial charge < -0.3 is 23.8 Å². The van der Waals surface area contributed by atoms with E-state index in [0.717, 1.165) is 24.3 Å². The summed E-state index contributed by atoms with van der Waals surface area (Å²) in [6, 6.07) is 12.0. The first-order valence-electron chi connectivity index (χ1n) is 13.6. The van der Waals surface area contributed by atoms with Crippen LogP contribution >= 0.6 is 0 Å². The molecule has 2 aliphatic rings. The molecule has 0 unspecified atom stereocenters. The highest BCUT2D eigenvalue weighted by atomic mass is 19.1. The standard InChI is InChI=1S/C30H29FN4O6/c1-2-40-32-24(20-13-18-5-3-4-6-27(18)41-30(20)39)17-33-9-11-34(12-10-33)26-15-25-21(14-23(26)31)28(36)22(29(37)38)16-35(25)19-7-8-19/h3-6,13-16,19H,2,7-12,17H2,1H3,(H,37,38)/b32-24-. The van der Waals surface area contributed by atoms with Crippen LogP contribution in [0.15, 0.2) is 67.8 Å². The fourth-order valence-corrected chi connectivity index (χ4v) is 5.34. The minimum atomic E-state index is -1.32. The van der Waals surface area contributed by atoms with Crippen LogP contribution in [0.3, 0.4) is 0 Å². The lowest BCUT2D eigenvalue weighted by molar-refractivity contribution is 0.0695. The molecule has 0 bridgehead atoms. The second-order valence-corrected chi connectivity index (χ2v) is 10.3. The van der Waals surface area contributed by atoms with Crippen LogP contribution in [-0.2, 0) is 4.84 Å². The van der Waals surface area contributed by atoms with Gasteiger partial charge in [-0.1, -0.05) is 23.4 Å². The predicted octanol–water partition coefficient (Wildman–Crippen LogP) is 3.84. The van der Waals surface area contributed by atoms with Gasteiger partial charge in [0.15, 0.2) is 0 Å². The van der Waals surface area contributed by atoms with E-state index in [1.807, 2.05) is 24.0 Å². The van der Waals surface area contributed by atoms with Crippen LogP contribution < -0.4 is 16.0 Å². The number of fused-ring (bicyclic) bond motifs is 2. The molecule has 1 aliphatic heterocycles. The smallest absolute Gasteiger partial charge is 0.345 e. The SMILES string of the molecule is CCO/N=C(/CN1CCN(c2cc3c(cc2F)c(=O)c(C(=O)O)cn3C2CC2)CC1)c1cc2ccccc2oc1=O. The minimum absolute atomic E-state index is 0.0719. The van der Waals surface area contributed by atoms with Gasteiger partial charge in [-0.25, -0.2) is 14.0 Å². The first kappa shape index (κ1) is 26.7. The molecular formula is C30H29FN4O6. The highest BCUT2D eigenvalue weighted by molar-refractivity contribution is 6.03. The summed E-state index contributed by atoms with van der Waals surface area (Å²) >= 11 is 0. The molecule has 0 atom stereocenters. The van der Waals surface area contributed by atoms with Crippen molar-refractivity contribution in [3.05, 3.63) is 86.2 Å². The van der Waals surface area contributed by atoms with E-state index in [1.165, 1.54) is 6.20 Å². The number of para-hydroxylation sites is 1. The van der Waals surface area contributed by atoms with Crippen molar-refractivity contribution in [2.24, 2.45) is 5.16 Å². The monoisotopic (exact) mass is 560 g/mol. The first-order valence-corrected chi connectivity index (χ1v) is 13.6. The van der Waals surface area contributed by atoms with E-state index in [4.69, 9.17) is 9.25 Å². The molecule has 0 amide bonds.